The topological polar surface area (TPSA) is 100 Å². The van der Waals surface area contributed by atoms with Crippen LogP contribution in [0.2, 0.25) is 0 Å². The van der Waals surface area contributed by atoms with Crippen molar-refractivity contribution in [2.45, 2.75) is 33.1 Å². The van der Waals surface area contributed by atoms with Crippen molar-refractivity contribution in [1.29, 1.82) is 5.26 Å². The molecule has 5 rings (SSSR count). The molecule has 0 saturated heterocycles. The Morgan fingerprint density at radius 1 is 1.13 bits per heavy atom. The summed E-state index contributed by atoms with van der Waals surface area (Å²) in [6.07, 6.45) is 4.57. The molecule has 0 N–H and O–H groups in total. The third kappa shape index (κ3) is 6.33. The van der Waals surface area contributed by atoms with Crippen LogP contribution in [0.4, 0.5) is 16.5 Å². The number of rotatable bonds is 10. The maximum absolute atomic E-state index is 12.6. The molecular formula is C29H27N5O3S2. The number of fused-ring (bicyclic) bond motifs is 2. The Morgan fingerprint density at radius 2 is 1.95 bits per heavy atom. The number of anilines is 1. The average Bonchev–Trinajstić information content (AvgIpc) is 3.64. The zero-order valence-corrected chi connectivity index (χ0v) is 23.3. The van der Waals surface area contributed by atoms with E-state index in [0.29, 0.717) is 23.2 Å². The van der Waals surface area contributed by atoms with E-state index >= 15 is 0 Å². The number of nitrogens with zero attached hydrogens (tertiary/aromatic N) is 5. The van der Waals surface area contributed by atoms with Crippen LogP contribution in [0.3, 0.4) is 0 Å². The molecule has 0 bridgehead atoms. The van der Waals surface area contributed by atoms with E-state index < -0.39 is 5.97 Å². The van der Waals surface area contributed by atoms with Crippen LogP contribution in [-0.4, -0.2) is 30.6 Å². The minimum Gasteiger partial charge on any atom is -0.494 e. The average molecular weight is 558 g/mol. The second-order valence-electron chi connectivity index (χ2n) is 8.89. The summed E-state index contributed by atoms with van der Waals surface area (Å²) in [5, 5.41) is 18.8. The van der Waals surface area contributed by atoms with Crippen LogP contribution in [0.25, 0.3) is 15.6 Å². The van der Waals surface area contributed by atoms with Crippen molar-refractivity contribution in [3.05, 3.63) is 64.5 Å². The molecule has 39 heavy (non-hydrogen) atoms. The molecule has 1 aliphatic rings. The second-order valence-corrected chi connectivity index (χ2v) is 11.0. The smallest absolute Gasteiger partial charge is 0.354 e. The monoisotopic (exact) mass is 557 g/mol. The molecule has 3 heterocycles. The van der Waals surface area contributed by atoms with Gasteiger partial charge in [-0.15, -0.1) is 21.6 Å². The molecule has 2 aromatic carbocycles. The number of thiazole rings is 1. The van der Waals surface area contributed by atoms with Crippen molar-refractivity contribution in [2.75, 3.05) is 24.6 Å². The minimum atomic E-state index is -0.715. The highest BCUT2D eigenvalue weighted by atomic mass is 32.1. The number of benzene rings is 2. The van der Waals surface area contributed by atoms with Gasteiger partial charge in [-0.25, -0.2) is 9.78 Å². The van der Waals surface area contributed by atoms with Gasteiger partial charge in [-0.3, -0.25) is 0 Å². The third-order valence-electron chi connectivity index (χ3n) is 6.21. The fourth-order valence-electron chi connectivity index (χ4n) is 4.18. The molecule has 0 amide bonds. The number of carbonyl (C=O) groups excluding carboxylic acids is 1. The third-order valence-corrected chi connectivity index (χ3v) is 8.20. The van der Waals surface area contributed by atoms with Crippen LogP contribution in [0.15, 0.2) is 64.3 Å². The number of thiophene rings is 1. The Hall–Kier alpha value is -4.07. The lowest BCUT2D eigenvalue weighted by molar-refractivity contribution is -0.129. The minimum absolute atomic E-state index is 0.0923. The van der Waals surface area contributed by atoms with E-state index in [1.54, 1.807) is 24.3 Å². The normalized spacial score (nSPS) is 13.2. The SMILES string of the molecule is CCCCOc1ccc(OC(=O)/C(C#N)=C/c2cc3sc(N=Nc4ccc5c(c4)CCN5CC)nc3s2)cc1. The lowest BCUT2D eigenvalue weighted by Crippen LogP contribution is -2.18. The van der Waals surface area contributed by atoms with Gasteiger partial charge in [0, 0.05) is 23.7 Å². The summed E-state index contributed by atoms with van der Waals surface area (Å²) >= 11 is 2.79. The van der Waals surface area contributed by atoms with Gasteiger partial charge in [-0.05, 0) is 79.9 Å². The zero-order valence-electron chi connectivity index (χ0n) is 21.7. The number of unbranched alkanes of at least 4 members (excludes halogenated alkanes) is 1. The molecule has 0 unspecified atom stereocenters. The lowest BCUT2D eigenvalue weighted by Gasteiger charge is -2.16. The maximum Gasteiger partial charge on any atom is 0.354 e. The molecule has 0 saturated carbocycles. The lowest BCUT2D eigenvalue weighted by atomic mass is 10.1. The first-order valence-corrected chi connectivity index (χ1v) is 14.5. The van der Waals surface area contributed by atoms with Crippen LogP contribution in [-0.2, 0) is 11.2 Å². The standard InChI is InChI=1S/C29H27N5O3S2/c1-3-5-14-36-22-7-9-23(10-8-22)37-28(35)20(18-30)16-24-17-26-27(38-24)31-29(39-26)33-32-21-6-11-25-19(15-21)12-13-34(25)4-2/h6-11,15-17H,3-5,12-14H2,1-2H3/b20-16+,33-32?. The first kappa shape index (κ1) is 26.5. The molecule has 0 aliphatic carbocycles. The Balaban J connectivity index is 1.23. The van der Waals surface area contributed by atoms with Gasteiger partial charge >= 0.3 is 5.97 Å². The first-order chi connectivity index (χ1) is 19.1. The van der Waals surface area contributed by atoms with Crippen LogP contribution >= 0.6 is 22.7 Å². The fourth-order valence-corrected chi connectivity index (χ4v) is 6.17. The quantitative estimate of drug-likeness (QED) is 0.0492. The largest absolute Gasteiger partial charge is 0.494 e. The summed E-state index contributed by atoms with van der Waals surface area (Å²) < 4.78 is 11.9. The Bertz CT molecular complexity index is 1550. The molecule has 4 aromatic rings. The predicted octanol–water partition coefficient (Wildman–Crippen LogP) is 7.85. The van der Waals surface area contributed by atoms with Gasteiger partial charge in [0.1, 0.15) is 28.0 Å². The number of likely N-dealkylation sites (N-methyl/N-ethyl adjacent to an activating group) is 1. The van der Waals surface area contributed by atoms with Crippen molar-refractivity contribution in [1.82, 2.24) is 4.98 Å². The first-order valence-electron chi connectivity index (χ1n) is 12.8. The Labute approximate surface area is 234 Å². The van der Waals surface area contributed by atoms with Gasteiger partial charge in [-0.1, -0.05) is 24.7 Å². The molecule has 198 valence electrons. The molecule has 0 spiro atoms. The van der Waals surface area contributed by atoms with E-state index in [1.807, 2.05) is 18.2 Å². The van der Waals surface area contributed by atoms with Gasteiger partial charge in [0.25, 0.3) is 0 Å². The number of aromatic nitrogens is 1. The van der Waals surface area contributed by atoms with Gasteiger partial charge in [-0.2, -0.15) is 5.26 Å². The van der Waals surface area contributed by atoms with E-state index in [-0.39, 0.29) is 5.57 Å². The van der Waals surface area contributed by atoms with Crippen molar-refractivity contribution in [2.24, 2.45) is 10.2 Å². The van der Waals surface area contributed by atoms with Gasteiger partial charge in [0.2, 0.25) is 5.13 Å². The zero-order chi connectivity index (χ0) is 27.2. The van der Waals surface area contributed by atoms with E-state index in [1.165, 1.54) is 40.0 Å². The molecule has 8 nitrogen and oxygen atoms in total. The van der Waals surface area contributed by atoms with Crippen molar-refractivity contribution >= 4 is 60.8 Å². The number of nitriles is 1. The second kappa shape index (κ2) is 12.2. The summed E-state index contributed by atoms with van der Waals surface area (Å²) in [6, 6.07) is 16.8. The van der Waals surface area contributed by atoms with E-state index in [4.69, 9.17) is 9.47 Å². The summed E-state index contributed by atoms with van der Waals surface area (Å²) in [4.78, 5) is 21.0. The predicted molar refractivity (Wildman–Crippen MR) is 156 cm³/mol. The highest BCUT2D eigenvalue weighted by molar-refractivity contribution is 7.29. The summed E-state index contributed by atoms with van der Waals surface area (Å²) in [7, 11) is 0. The van der Waals surface area contributed by atoms with Crippen molar-refractivity contribution in [3.8, 4) is 17.6 Å². The Morgan fingerprint density at radius 3 is 2.69 bits per heavy atom. The maximum atomic E-state index is 12.6. The summed E-state index contributed by atoms with van der Waals surface area (Å²) in [6.45, 7) is 6.94. The van der Waals surface area contributed by atoms with Gasteiger partial charge in [0.05, 0.1) is 17.0 Å². The van der Waals surface area contributed by atoms with Gasteiger partial charge < -0.3 is 14.4 Å². The number of hydrogen-bond acceptors (Lipinski definition) is 10. The molecule has 0 atom stereocenters. The highest BCUT2D eigenvalue weighted by Gasteiger charge is 2.18. The number of azo groups is 1. The molecule has 2 aromatic heterocycles. The fraction of sp³-hybridized carbons (Fsp3) is 0.276. The van der Waals surface area contributed by atoms with Crippen molar-refractivity contribution < 1.29 is 14.3 Å². The number of esters is 1. The van der Waals surface area contributed by atoms with Crippen LogP contribution in [0.1, 0.15) is 37.1 Å². The molecular weight excluding hydrogens is 530 g/mol. The van der Waals surface area contributed by atoms with Crippen LogP contribution in [0, 0.1) is 11.3 Å². The van der Waals surface area contributed by atoms with E-state index in [0.717, 1.165) is 52.4 Å². The number of ether oxygens (including phenoxy) is 2. The summed E-state index contributed by atoms with van der Waals surface area (Å²) in [5.41, 5.74) is 3.29. The summed E-state index contributed by atoms with van der Waals surface area (Å²) in [5.74, 6) is 0.339. The number of carbonyl (C=O) groups is 1. The van der Waals surface area contributed by atoms with Crippen LogP contribution < -0.4 is 14.4 Å². The molecule has 1 aliphatic heterocycles. The Kier molecular flexibility index (Phi) is 8.30. The van der Waals surface area contributed by atoms with E-state index in [9.17, 15) is 10.1 Å². The number of hydrogen-bond donors (Lipinski definition) is 0. The molecule has 0 fully saturated rings. The van der Waals surface area contributed by atoms with Gasteiger partial charge in [0.15, 0.2) is 0 Å². The van der Waals surface area contributed by atoms with Crippen LogP contribution in [0.5, 0.6) is 11.5 Å². The molecule has 0 radical (unpaired) electrons. The van der Waals surface area contributed by atoms with Crippen molar-refractivity contribution in [3.63, 3.8) is 0 Å². The highest BCUT2D eigenvalue weighted by Crippen LogP contribution is 2.37. The molecule has 10 heteroatoms. The van der Waals surface area contributed by atoms with E-state index in [2.05, 4.69) is 46.1 Å².